The van der Waals surface area contributed by atoms with Crippen molar-refractivity contribution in [2.45, 2.75) is 19.8 Å². The van der Waals surface area contributed by atoms with E-state index in [1.165, 1.54) is 0 Å². The van der Waals surface area contributed by atoms with Crippen LogP contribution in [0.3, 0.4) is 0 Å². The molecule has 2 atom stereocenters. The van der Waals surface area contributed by atoms with Gasteiger partial charge >= 0.3 is 5.97 Å². The Balaban J connectivity index is 2.21. The van der Waals surface area contributed by atoms with Crippen LogP contribution in [0.1, 0.15) is 19.8 Å². The van der Waals surface area contributed by atoms with Crippen molar-refractivity contribution in [2.75, 3.05) is 19.7 Å². The number of rotatable bonds is 2. The predicted octanol–water partition coefficient (Wildman–Crippen LogP) is 0.118. The van der Waals surface area contributed by atoms with Gasteiger partial charge in [-0.1, -0.05) is 0 Å². The van der Waals surface area contributed by atoms with Crippen LogP contribution in [0.5, 0.6) is 0 Å². The third-order valence-corrected chi connectivity index (χ3v) is 3.34. The van der Waals surface area contributed by atoms with E-state index in [1.54, 1.807) is 6.92 Å². The molecule has 1 N–H and O–H groups in total. The van der Waals surface area contributed by atoms with Gasteiger partial charge in [0.25, 0.3) is 0 Å². The molecule has 0 bridgehead atoms. The molecule has 14 heavy (non-hydrogen) atoms. The standard InChI is InChI=1S/C10H15NO3/c1-2-14-9(13)10-4-3-8(12)7(10)5-11-6-10/h7,11H,2-6H2,1H3. The summed E-state index contributed by atoms with van der Waals surface area (Å²) in [5, 5.41) is 3.11. The predicted molar refractivity (Wildman–Crippen MR) is 49.7 cm³/mol. The maximum Gasteiger partial charge on any atom is 0.314 e. The first-order valence-corrected chi connectivity index (χ1v) is 5.11. The highest BCUT2D eigenvalue weighted by Gasteiger charge is 2.56. The zero-order valence-corrected chi connectivity index (χ0v) is 8.34. The van der Waals surface area contributed by atoms with Crippen LogP contribution in [0.25, 0.3) is 0 Å². The molecule has 1 heterocycles. The normalized spacial score (nSPS) is 35.8. The molecule has 0 spiro atoms. The van der Waals surface area contributed by atoms with E-state index < -0.39 is 5.41 Å². The molecule has 0 aromatic carbocycles. The highest BCUT2D eigenvalue weighted by Crippen LogP contribution is 2.44. The zero-order chi connectivity index (χ0) is 10.2. The summed E-state index contributed by atoms with van der Waals surface area (Å²) in [5.74, 6) is -0.120. The summed E-state index contributed by atoms with van der Waals surface area (Å²) in [7, 11) is 0. The maximum atomic E-state index is 11.8. The number of ether oxygens (including phenoxy) is 1. The zero-order valence-electron chi connectivity index (χ0n) is 8.34. The minimum Gasteiger partial charge on any atom is -0.466 e. The average molecular weight is 197 g/mol. The van der Waals surface area contributed by atoms with Crippen LogP contribution >= 0.6 is 0 Å². The average Bonchev–Trinajstić information content (AvgIpc) is 2.69. The Morgan fingerprint density at radius 2 is 2.50 bits per heavy atom. The highest BCUT2D eigenvalue weighted by molar-refractivity contribution is 5.94. The topological polar surface area (TPSA) is 55.4 Å². The van der Waals surface area contributed by atoms with Gasteiger partial charge in [0.05, 0.1) is 12.0 Å². The smallest absolute Gasteiger partial charge is 0.314 e. The van der Waals surface area contributed by atoms with Gasteiger partial charge in [-0.2, -0.15) is 0 Å². The first-order valence-electron chi connectivity index (χ1n) is 5.11. The van der Waals surface area contributed by atoms with Crippen LogP contribution in [-0.2, 0) is 14.3 Å². The fourth-order valence-corrected chi connectivity index (χ4v) is 2.55. The van der Waals surface area contributed by atoms with Crippen molar-refractivity contribution in [1.29, 1.82) is 0 Å². The Kier molecular flexibility index (Phi) is 2.31. The second-order valence-electron chi connectivity index (χ2n) is 4.03. The second-order valence-corrected chi connectivity index (χ2v) is 4.03. The first kappa shape index (κ1) is 9.65. The van der Waals surface area contributed by atoms with E-state index in [-0.39, 0.29) is 17.7 Å². The van der Waals surface area contributed by atoms with E-state index >= 15 is 0 Å². The lowest BCUT2D eigenvalue weighted by atomic mass is 9.80. The minimum atomic E-state index is -0.535. The number of carbonyl (C=O) groups is 2. The molecule has 2 aliphatic rings. The number of ketones is 1. The lowest BCUT2D eigenvalue weighted by molar-refractivity contribution is -0.156. The molecule has 0 radical (unpaired) electrons. The molecule has 2 fully saturated rings. The third-order valence-electron chi connectivity index (χ3n) is 3.34. The Hall–Kier alpha value is -0.900. The molecule has 0 aromatic rings. The molecule has 2 unspecified atom stereocenters. The van der Waals surface area contributed by atoms with E-state index in [2.05, 4.69) is 5.32 Å². The van der Waals surface area contributed by atoms with Crippen LogP contribution < -0.4 is 5.32 Å². The lowest BCUT2D eigenvalue weighted by Crippen LogP contribution is -2.38. The van der Waals surface area contributed by atoms with Gasteiger partial charge in [-0.3, -0.25) is 9.59 Å². The van der Waals surface area contributed by atoms with Gasteiger partial charge in [0, 0.05) is 25.4 Å². The van der Waals surface area contributed by atoms with Crippen molar-refractivity contribution in [2.24, 2.45) is 11.3 Å². The number of carbonyl (C=O) groups excluding carboxylic acids is 2. The number of hydrogen-bond acceptors (Lipinski definition) is 4. The number of fused-ring (bicyclic) bond motifs is 1. The van der Waals surface area contributed by atoms with Crippen LogP contribution in [0, 0.1) is 11.3 Å². The van der Waals surface area contributed by atoms with Crippen molar-refractivity contribution in [1.82, 2.24) is 5.32 Å². The van der Waals surface area contributed by atoms with Crippen LogP contribution in [-0.4, -0.2) is 31.4 Å². The molecule has 2 rings (SSSR count). The van der Waals surface area contributed by atoms with Crippen molar-refractivity contribution >= 4 is 11.8 Å². The molecule has 4 heteroatoms. The van der Waals surface area contributed by atoms with E-state index in [0.717, 1.165) is 0 Å². The molecule has 78 valence electrons. The Labute approximate surface area is 83.0 Å². The van der Waals surface area contributed by atoms with Gasteiger partial charge in [0.1, 0.15) is 5.78 Å². The lowest BCUT2D eigenvalue weighted by Gasteiger charge is -2.24. The number of esters is 1. The fraction of sp³-hybridized carbons (Fsp3) is 0.800. The maximum absolute atomic E-state index is 11.8. The van der Waals surface area contributed by atoms with E-state index in [9.17, 15) is 9.59 Å². The SMILES string of the molecule is CCOC(=O)C12CCC(=O)C1CNC2. The molecule has 1 aliphatic carbocycles. The molecule has 1 aliphatic heterocycles. The van der Waals surface area contributed by atoms with Gasteiger partial charge in [-0.25, -0.2) is 0 Å². The van der Waals surface area contributed by atoms with Crippen molar-refractivity contribution in [3.8, 4) is 0 Å². The highest BCUT2D eigenvalue weighted by atomic mass is 16.5. The summed E-state index contributed by atoms with van der Waals surface area (Å²) in [6.07, 6.45) is 1.19. The third kappa shape index (κ3) is 1.17. The van der Waals surface area contributed by atoms with Crippen molar-refractivity contribution in [3.63, 3.8) is 0 Å². The number of hydrogen-bond donors (Lipinski definition) is 1. The molecule has 4 nitrogen and oxygen atoms in total. The molecular weight excluding hydrogens is 182 g/mol. The van der Waals surface area contributed by atoms with Gasteiger partial charge in [0.15, 0.2) is 0 Å². The number of nitrogens with one attached hydrogen (secondary N) is 1. The summed E-state index contributed by atoms with van der Waals surface area (Å²) < 4.78 is 5.05. The van der Waals surface area contributed by atoms with Gasteiger partial charge in [-0.05, 0) is 13.3 Å². The van der Waals surface area contributed by atoms with E-state index in [1.807, 2.05) is 0 Å². The van der Waals surface area contributed by atoms with E-state index in [0.29, 0.717) is 32.5 Å². The number of Topliss-reactive ketones (excluding diaryl/α,β-unsaturated/α-hetero) is 1. The summed E-state index contributed by atoms with van der Waals surface area (Å²) in [4.78, 5) is 23.3. The van der Waals surface area contributed by atoms with Crippen LogP contribution in [0.15, 0.2) is 0 Å². The molecule has 1 saturated carbocycles. The van der Waals surface area contributed by atoms with Crippen LogP contribution in [0.4, 0.5) is 0 Å². The summed E-state index contributed by atoms with van der Waals surface area (Å²) >= 11 is 0. The van der Waals surface area contributed by atoms with E-state index in [4.69, 9.17) is 4.74 Å². The van der Waals surface area contributed by atoms with Crippen molar-refractivity contribution in [3.05, 3.63) is 0 Å². The summed E-state index contributed by atoms with van der Waals surface area (Å²) in [6, 6.07) is 0. The Morgan fingerprint density at radius 3 is 3.21 bits per heavy atom. The van der Waals surface area contributed by atoms with Crippen molar-refractivity contribution < 1.29 is 14.3 Å². The largest absolute Gasteiger partial charge is 0.466 e. The Bertz CT molecular complexity index is 277. The monoisotopic (exact) mass is 197 g/mol. The second kappa shape index (κ2) is 3.35. The molecule has 0 aromatic heterocycles. The Morgan fingerprint density at radius 1 is 1.71 bits per heavy atom. The minimum absolute atomic E-state index is 0.137. The summed E-state index contributed by atoms with van der Waals surface area (Å²) in [6.45, 7) is 3.42. The molecule has 0 amide bonds. The van der Waals surface area contributed by atoms with Crippen LogP contribution in [0.2, 0.25) is 0 Å². The summed E-state index contributed by atoms with van der Waals surface area (Å²) in [5.41, 5.74) is -0.535. The van der Waals surface area contributed by atoms with Gasteiger partial charge < -0.3 is 10.1 Å². The van der Waals surface area contributed by atoms with Gasteiger partial charge in [-0.15, -0.1) is 0 Å². The molecular formula is C10H15NO3. The molecule has 1 saturated heterocycles. The fourth-order valence-electron chi connectivity index (χ4n) is 2.55. The van der Waals surface area contributed by atoms with Gasteiger partial charge in [0.2, 0.25) is 0 Å². The quantitative estimate of drug-likeness (QED) is 0.639. The first-order chi connectivity index (χ1) is 6.70.